The maximum Gasteiger partial charge on any atom is 0.223 e. The summed E-state index contributed by atoms with van der Waals surface area (Å²) in [5, 5.41) is 21.0. The Bertz CT molecular complexity index is 1290. The van der Waals surface area contributed by atoms with Crippen LogP contribution in [-0.4, -0.2) is 59.5 Å². The van der Waals surface area contributed by atoms with Gasteiger partial charge in [0.25, 0.3) is 0 Å². The van der Waals surface area contributed by atoms with Gasteiger partial charge in [0.15, 0.2) is 17.3 Å². The summed E-state index contributed by atoms with van der Waals surface area (Å²) in [6.45, 7) is 8.25. The maximum atomic E-state index is 12.7. The number of likely N-dealkylation sites (tertiary alicyclic amines) is 1. The van der Waals surface area contributed by atoms with E-state index < -0.39 is 0 Å². The predicted octanol–water partition coefficient (Wildman–Crippen LogP) is 2.17. The zero-order chi connectivity index (χ0) is 22.9. The molecular weight excluding hydrogens is 416 g/mol. The fourth-order valence-corrected chi connectivity index (χ4v) is 4.32. The summed E-state index contributed by atoms with van der Waals surface area (Å²) in [7, 11) is 0. The quantitative estimate of drug-likeness (QED) is 0.470. The summed E-state index contributed by atoms with van der Waals surface area (Å²) in [4.78, 5) is 14.6. The molecule has 9 heteroatoms. The molecule has 0 atom stereocenters. The van der Waals surface area contributed by atoms with Crippen molar-refractivity contribution in [3.8, 4) is 5.82 Å². The van der Waals surface area contributed by atoms with E-state index in [1.807, 2.05) is 60.7 Å². The molecule has 0 aliphatic carbocycles. The lowest BCUT2D eigenvalue weighted by molar-refractivity contribution is -0.136. The highest BCUT2D eigenvalue weighted by molar-refractivity contribution is 5.77. The number of amides is 1. The topological polar surface area (TPSA) is 93.2 Å². The lowest BCUT2D eigenvalue weighted by atomic mass is 10.0. The molecule has 3 aromatic heterocycles. The summed E-state index contributed by atoms with van der Waals surface area (Å²) in [5.41, 5.74) is 5.00. The number of hydrogen-bond donors (Lipinski definition) is 1. The summed E-state index contributed by atoms with van der Waals surface area (Å²) in [6.07, 6.45) is 1.15. The number of hydrogen-bond acceptors (Lipinski definition) is 6. The highest BCUT2D eigenvalue weighted by Crippen LogP contribution is 2.20. The van der Waals surface area contributed by atoms with Crippen LogP contribution in [0.2, 0.25) is 0 Å². The summed E-state index contributed by atoms with van der Waals surface area (Å²) < 4.78 is 3.54. The van der Waals surface area contributed by atoms with Gasteiger partial charge in [-0.2, -0.15) is 9.61 Å². The molecule has 1 amide bonds. The van der Waals surface area contributed by atoms with Crippen molar-refractivity contribution in [3.63, 3.8) is 0 Å². The maximum absolute atomic E-state index is 12.7. The second-order valence-electron chi connectivity index (χ2n) is 8.63. The Morgan fingerprint density at radius 3 is 2.61 bits per heavy atom. The third-order valence-corrected chi connectivity index (χ3v) is 6.32. The fourth-order valence-electron chi connectivity index (χ4n) is 4.32. The zero-order valence-corrected chi connectivity index (χ0v) is 19.2. The van der Waals surface area contributed by atoms with Crippen LogP contribution < -0.4 is 5.32 Å². The van der Waals surface area contributed by atoms with Crippen LogP contribution in [0, 0.1) is 20.8 Å². The van der Waals surface area contributed by atoms with Crippen molar-refractivity contribution in [2.24, 2.45) is 0 Å². The minimum absolute atomic E-state index is 0.193. The molecular formula is C24H28N8O. The largest absolute Gasteiger partial charge is 0.339 e. The molecule has 0 radical (unpaired) electrons. The minimum Gasteiger partial charge on any atom is -0.339 e. The Morgan fingerprint density at radius 1 is 1.03 bits per heavy atom. The van der Waals surface area contributed by atoms with Gasteiger partial charge in [-0.15, -0.1) is 15.3 Å². The van der Waals surface area contributed by atoms with Crippen molar-refractivity contribution < 1.29 is 4.79 Å². The second-order valence-corrected chi connectivity index (χ2v) is 8.63. The molecule has 0 bridgehead atoms. The second kappa shape index (κ2) is 8.74. The van der Waals surface area contributed by atoms with Gasteiger partial charge in [0.1, 0.15) is 0 Å². The predicted molar refractivity (Wildman–Crippen MR) is 124 cm³/mol. The van der Waals surface area contributed by atoms with Gasteiger partial charge >= 0.3 is 0 Å². The Morgan fingerprint density at radius 2 is 1.82 bits per heavy atom. The van der Waals surface area contributed by atoms with Crippen molar-refractivity contribution in [2.75, 3.05) is 13.1 Å². The summed E-state index contributed by atoms with van der Waals surface area (Å²) >= 11 is 0. The lowest BCUT2D eigenvalue weighted by Crippen LogP contribution is -2.59. The lowest BCUT2D eigenvalue weighted by Gasteiger charge is -2.40. The molecule has 1 aliphatic rings. The monoisotopic (exact) mass is 444 g/mol. The Labute approximate surface area is 192 Å². The smallest absolute Gasteiger partial charge is 0.223 e. The molecule has 4 aromatic rings. The van der Waals surface area contributed by atoms with Crippen LogP contribution in [0.15, 0.2) is 42.5 Å². The number of aryl methyl sites for hydroxylation is 2. The summed E-state index contributed by atoms with van der Waals surface area (Å²) in [6, 6.07) is 14.5. The number of benzene rings is 1. The van der Waals surface area contributed by atoms with Crippen molar-refractivity contribution >= 4 is 11.6 Å². The minimum atomic E-state index is 0.193. The molecule has 0 spiro atoms. The Kier molecular flexibility index (Phi) is 5.63. The van der Waals surface area contributed by atoms with E-state index in [1.54, 1.807) is 4.52 Å². The van der Waals surface area contributed by atoms with Crippen molar-refractivity contribution in [1.29, 1.82) is 0 Å². The highest BCUT2D eigenvalue weighted by Gasteiger charge is 2.30. The third kappa shape index (κ3) is 4.23. The molecule has 4 heterocycles. The van der Waals surface area contributed by atoms with Gasteiger partial charge in [-0.3, -0.25) is 4.79 Å². The van der Waals surface area contributed by atoms with E-state index >= 15 is 0 Å². The van der Waals surface area contributed by atoms with E-state index in [0.717, 1.165) is 42.4 Å². The first-order valence-corrected chi connectivity index (χ1v) is 11.3. The fraction of sp³-hybridized carbons (Fsp3) is 0.375. The molecule has 9 nitrogen and oxygen atoms in total. The standard InChI is InChI=1S/C24H28N8O/c1-16-21(17(2)31(28-16)23-11-10-22-27-26-18(3)32(22)29-23)9-12-24(33)30-14-20(15-30)25-13-19-7-5-4-6-8-19/h4-8,10-11,20,25H,9,12-15H2,1-3H3. The first-order valence-electron chi connectivity index (χ1n) is 11.3. The molecule has 0 saturated carbocycles. The van der Waals surface area contributed by atoms with Gasteiger partial charge in [-0.05, 0) is 50.5 Å². The average molecular weight is 445 g/mol. The number of nitrogens with one attached hydrogen (secondary N) is 1. The normalized spacial score (nSPS) is 14.1. The first kappa shape index (κ1) is 21.3. The van der Waals surface area contributed by atoms with Crippen LogP contribution in [0.4, 0.5) is 0 Å². The van der Waals surface area contributed by atoms with Crippen molar-refractivity contribution in [3.05, 3.63) is 70.8 Å². The van der Waals surface area contributed by atoms with Crippen LogP contribution >= 0.6 is 0 Å². The van der Waals surface area contributed by atoms with E-state index in [9.17, 15) is 4.79 Å². The molecule has 170 valence electrons. The van der Waals surface area contributed by atoms with E-state index in [0.29, 0.717) is 30.3 Å². The van der Waals surface area contributed by atoms with Gasteiger partial charge in [0, 0.05) is 37.8 Å². The first-order chi connectivity index (χ1) is 16.0. The van der Waals surface area contributed by atoms with Crippen LogP contribution in [0.5, 0.6) is 0 Å². The Balaban J connectivity index is 1.18. The number of nitrogens with zero attached hydrogens (tertiary/aromatic N) is 7. The molecule has 0 unspecified atom stereocenters. The number of rotatable bonds is 7. The van der Waals surface area contributed by atoms with E-state index in [4.69, 9.17) is 0 Å². The molecule has 5 rings (SSSR count). The number of carbonyl (C=O) groups is 1. The number of fused-ring (bicyclic) bond motifs is 1. The Hall–Kier alpha value is -3.59. The van der Waals surface area contributed by atoms with Crippen molar-refractivity contribution in [2.45, 2.75) is 46.2 Å². The van der Waals surface area contributed by atoms with Crippen LogP contribution in [0.25, 0.3) is 11.5 Å². The number of carbonyl (C=O) groups excluding carboxylic acids is 1. The van der Waals surface area contributed by atoms with Gasteiger partial charge < -0.3 is 10.2 Å². The molecule has 1 N–H and O–H groups in total. The van der Waals surface area contributed by atoms with Gasteiger partial charge in [0.05, 0.1) is 5.69 Å². The van der Waals surface area contributed by atoms with E-state index in [2.05, 4.69) is 37.8 Å². The van der Waals surface area contributed by atoms with Gasteiger partial charge in [0.2, 0.25) is 5.91 Å². The number of aromatic nitrogens is 6. The van der Waals surface area contributed by atoms with Crippen molar-refractivity contribution in [1.82, 2.24) is 39.8 Å². The molecule has 1 fully saturated rings. The zero-order valence-electron chi connectivity index (χ0n) is 19.2. The van der Waals surface area contributed by atoms with E-state index in [1.165, 1.54) is 5.56 Å². The highest BCUT2D eigenvalue weighted by atomic mass is 16.2. The van der Waals surface area contributed by atoms with Crippen LogP contribution in [0.3, 0.4) is 0 Å². The van der Waals surface area contributed by atoms with Gasteiger partial charge in [-0.25, -0.2) is 4.68 Å². The van der Waals surface area contributed by atoms with Gasteiger partial charge in [-0.1, -0.05) is 30.3 Å². The molecule has 1 saturated heterocycles. The average Bonchev–Trinajstić information content (AvgIpc) is 3.30. The SMILES string of the molecule is Cc1nn(-c2ccc3nnc(C)n3n2)c(C)c1CCC(=O)N1CC(NCc2ccccc2)C1. The van der Waals surface area contributed by atoms with Crippen LogP contribution in [-0.2, 0) is 17.8 Å². The molecule has 1 aromatic carbocycles. The van der Waals surface area contributed by atoms with E-state index in [-0.39, 0.29) is 5.91 Å². The third-order valence-electron chi connectivity index (χ3n) is 6.32. The summed E-state index contributed by atoms with van der Waals surface area (Å²) in [5.74, 6) is 1.63. The molecule has 1 aliphatic heterocycles. The molecule has 33 heavy (non-hydrogen) atoms. The van der Waals surface area contributed by atoms with Crippen LogP contribution in [0.1, 0.15) is 34.8 Å².